The largest absolute Gasteiger partial charge is 0.598 e. The molecule has 7 nitrogen and oxygen atoms in total. The summed E-state index contributed by atoms with van der Waals surface area (Å²) < 4.78 is 20.1. The third-order valence-corrected chi connectivity index (χ3v) is 4.21. The van der Waals surface area contributed by atoms with E-state index in [-0.39, 0.29) is 0 Å². The Bertz CT molecular complexity index is 391. The van der Waals surface area contributed by atoms with Crippen LogP contribution in [0.15, 0.2) is 4.99 Å². The Hall–Kier alpha value is -0.990. The summed E-state index contributed by atoms with van der Waals surface area (Å²) in [5.41, 5.74) is -0.590. The number of carbonyl (C=O) groups excluding carboxylic acids is 1. The lowest BCUT2D eigenvalue weighted by molar-refractivity contribution is 0.0495. The van der Waals surface area contributed by atoms with Crippen LogP contribution in [-0.4, -0.2) is 58.5 Å². The smallest absolute Gasteiger partial charge is 0.409 e. The Kier molecular flexibility index (Phi) is 8.94. The molecule has 2 N–H and O–H groups in total. The molecule has 0 aromatic carbocycles. The summed E-state index contributed by atoms with van der Waals surface area (Å²) in [7, 11) is 1.68. The van der Waals surface area contributed by atoms with Crippen LogP contribution in [0.2, 0.25) is 0 Å². The number of likely N-dealkylation sites (N-methyl/N-ethyl adjacent to an activating group) is 1. The van der Waals surface area contributed by atoms with Crippen molar-refractivity contribution in [1.82, 2.24) is 14.9 Å². The van der Waals surface area contributed by atoms with Gasteiger partial charge in [-0.25, -0.2) is 4.79 Å². The van der Waals surface area contributed by atoms with Gasteiger partial charge in [-0.3, -0.25) is 4.99 Å². The van der Waals surface area contributed by atoms with Gasteiger partial charge in [-0.1, -0.05) is 0 Å². The fraction of sp³-hybridized carbons (Fsp3) is 0.867. The quantitative estimate of drug-likeness (QED) is 0.317. The lowest BCUT2D eigenvalue weighted by atomic mass is 10.2. The van der Waals surface area contributed by atoms with Crippen molar-refractivity contribution in [2.45, 2.75) is 65.0 Å². The van der Waals surface area contributed by atoms with Crippen molar-refractivity contribution in [3.63, 3.8) is 0 Å². The van der Waals surface area contributed by atoms with Crippen LogP contribution in [0.25, 0.3) is 0 Å². The molecule has 0 saturated carbocycles. The summed E-state index contributed by atoms with van der Waals surface area (Å²) in [6.45, 7) is 14.1. The van der Waals surface area contributed by atoms with Gasteiger partial charge < -0.3 is 19.5 Å². The minimum absolute atomic E-state index is 0.425. The van der Waals surface area contributed by atoms with Gasteiger partial charge in [0.2, 0.25) is 0 Å². The Balaban J connectivity index is 4.95. The van der Waals surface area contributed by atoms with Crippen molar-refractivity contribution in [1.29, 1.82) is 0 Å². The van der Waals surface area contributed by atoms with E-state index in [0.29, 0.717) is 13.1 Å². The summed E-state index contributed by atoms with van der Waals surface area (Å²) >= 11 is -1.32. The zero-order chi connectivity index (χ0) is 18.3. The molecule has 8 heteroatoms. The average molecular weight is 349 g/mol. The molecule has 0 fully saturated rings. The Morgan fingerprint density at radius 2 is 1.91 bits per heavy atom. The number of alkyl carbamates (subject to hydrolysis) is 1. The molecular formula is C15H32N4O3S. The topological polar surface area (TPSA) is 89.0 Å². The molecule has 0 aliphatic carbocycles. The second-order valence-electron chi connectivity index (χ2n) is 7.16. The van der Waals surface area contributed by atoms with Crippen LogP contribution >= 0.6 is 0 Å². The first kappa shape index (κ1) is 22.0. The van der Waals surface area contributed by atoms with Gasteiger partial charge in [-0.15, -0.1) is 4.72 Å². The zero-order valence-electron chi connectivity index (χ0n) is 15.6. The molecule has 2 unspecified atom stereocenters. The predicted octanol–water partition coefficient (Wildman–Crippen LogP) is 1.87. The number of amides is 1. The van der Waals surface area contributed by atoms with Crippen molar-refractivity contribution < 1.29 is 14.1 Å². The molecule has 0 saturated heterocycles. The normalized spacial score (nSPS) is 15.3. The number of nitrogens with one attached hydrogen (secondary N) is 2. The first-order chi connectivity index (χ1) is 10.4. The summed E-state index contributed by atoms with van der Waals surface area (Å²) in [6, 6.07) is 0. The number of aliphatic imine (C=N–C) groups is 1. The van der Waals surface area contributed by atoms with Crippen LogP contribution in [0.3, 0.4) is 0 Å². The van der Waals surface area contributed by atoms with Crippen LogP contribution < -0.4 is 10.0 Å². The third-order valence-electron chi connectivity index (χ3n) is 2.60. The Labute approximate surface area is 143 Å². The molecule has 0 aliphatic heterocycles. The molecule has 0 heterocycles. The zero-order valence-corrected chi connectivity index (χ0v) is 16.4. The van der Waals surface area contributed by atoms with Gasteiger partial charge in [0.1, 0.15) is 16.5 Å². The molecule has 1 amide bonds. The summed E-state index contributed by atoms with van der Waals surface area (Å²) in [6.07, 6.45) is 0.610. The van der Waals surface area contributed by atoms with Gasteiger partial charge >= 0.3 is 6.09 Å². The van der Waals surface area contributed by atoms with Crippen LogP contribution in [0.1, 0.15) is 48.5 Å². The number of carbonyl (C=O) groups is 1. The second-order valence-corrected chi connectivity index (χ2v) is 9.16. The van der Waals surface area contributed by atoms with Crippen LogP contribution in [-0.2, 0) is 16.1 Å². The number of hydrogen-bond acceptors (Lipinski definition) is 5. The van der Waals surface area contributed by atoms with Gasteiger partial charge in [0.15, 0.2) is 0 Å². The van der Waals surface area contributed by atoms with Crippen LogP contribution in [0.4, 0.5) is 4.79 Å². The Morgan fingerprint density at radius 3 is 2.30 bits per heavy atom. The second kappa shape index (κ2) is 9.34. The number of ether oxygens (including phenoxy) is 1. The first-order valence-electron chi connectivity index (χ1n) is 7.73. The van der Waals surface area contributed by atoms with Gasteiger partial charge in [0, 0.05) is 25.0 Å². The van der Waals surface area contributed by atoms with E-state index in [1.807, 2.05) is 32.6 Å². The molecule has 0 spiro atoms. The van der Waals surface area contributed by atoms with E-state index >= 15 is 0 Å². The van der Waals surface area contributed by atoms with Crippen molar-refractivity contribution in [3.8, 4) is 0 Å². The Morgan fingerprint density at radius 1 is 1.35 bits per heavy atom. The minimum atomic E-state index is -1.32. The fourth-order valence-corrected chi connectivity index (χ4v) is 2.27. The number of rotatable bonds is 7. The summed E-state index contributed by atoms with van der Waals surface area (Å²) in [5.74, 6) is 0. The minimum Gasteiger partial charge on any atom is -0.598 e. The van der Waals surface area contributed by atoms with Crippen molar-refractivity contribution >= 4 is 23.8 Å². The molecule has 136 valence electrons. The fourth-order valence-electron chi connectivity index (χ4n) is 1.52. The predicted molar refractivity (Wildman–Crippen MR) is 95.9 cm³/mol. The standard InChI is InChI=1S/C15H32N4O3S/c1-9-19(11-16-8)10-12(18-23(21)15(5,6)7)17-13(20)22-14(2,3)4/h11-12,18H,9-10H2,1-8H3,(H,17,20)/b16-11-. The van der Waals surface area contributed by atoms with E-state index in [2.05, 4.69) is 15.0 Å². The maximum atomic E-state index is 12.3. The van der Waals surface area contributed by atoms with E-state index in [1.165, 1.54) is 0 Å². The average Bonchev–Trinajstić information content (AvgIpc) is 2.34. The summed E-state index contributed by atoms with van der Waals surface area (Å²) in [4.78, 5) is 17.9. The van der Waals surface area contributed by atoms with E-state index in [1.54, 1.807) is 34.2 Å². The highest BCUT2D eigenvalue weighted by molar-refractivity contribution is 7.90. The highest BCUT2D eigenvalue weighted by Gasteiger charge is 2.31. The monoisotopic (exact) mass is 348 g/mol. The molecular weight excluding hydrogens is 316 g/mol. The van der Waals surface area contributed by atoms with Crippen LogP contribution in [0, 0.1) is 0 Å². The maximum Gasteiger partial charge on any atom is 0.409 e. The van der Waals surface area contributed by atoms with E-state index in [0.717, 1.165) is 0 Å². The van der Waals surface area contributed by atoms with Gasteiger partial charge in [0.05, 0.1) is 12.9 Å². The molecule has 2 atom stereocenters. The molecule has 0 aromatic rings. The highest BCUT2D eigenvalue weighted by Crippen LogP contribution is 2.14. The van der Waals surface area contributed by atoms with Crippen molar-refractivity contribution in [2.24, 2.45) is 4.99 Å². The molecule has 23 heavy (non-hydrogen) atoms. The number of nitrogens with zero attached hydrogens (tertiary/aromatic N) is 2. The summed E-state index contributed by atoms with van der Waals surface area (Å²) in [5, 5.41) is 2.73. The van der Waals surface area contributed by atoms with Gasteiger partial charge in [-0.05, 0) is 48.5 Å². The van der Waals surface area contributed by atoms with E-state index in [4.69, 9.17) is 4.74 Å². The lowest BCUT2D eigenvalue weighted by Crippen LogP contribution is -2.57. The van der Waals surface area contributed by atoms with Crippen molar-refractivity contribution in [3.05, 3.63) is 0 Å². The van der Waals surface area contributed by atoms with Crippen molar-refractivity contribution in [2.75, 3.05) is 20.1 Å². The lowest BCUT2D eigenvalue weighted by Gasteiger charge is -2.31. The number of hydrogen-bond donors (Lipinski definition) is 2. The van der Waals surface area contributed by atoms with E-state index in [9.17, 15) is 9.35 Å². The van der Waals surface area contributed by atoms with Gasteiger partial charge in [0.25, 0.3) is 0 Å². The molecule has 0 aromatic heterocycles. The molecule has 0 bridgehead atoms. The highest BCUT2D eigenvalue weighted by atomic mass is 32.2. The SMILES string of the molecule is CCN(/C=N\C)CC(NC(=O)OC(C)(C)C)N[S+]([O-])C(C)(C)C. The van der Waals surface area contributed by atoms with E-state index < -0.39 is 34.0 Å². The van der Waals surface area contributed by atoms with Crippen LogP contribution in [0.5, 0.6) is 0 Å². The van der Waals surface area contributed by atoms with Gasteiger partial charge in [-0.2, -0.15) is 0 Å². The molecule has 0 rings (SSSR count). The first-order valence-corrected chi connectivity index (χ1v) is 8.88. The molecule has 0 radical (unpaired) electrons. The maximum absolute atomic E-state index is 12.3. The molecule has 0 aliphatic rings. The third kappa shape index (κ3) is 10.4.